The van der Waals surface area contributed by atoms with Gasteiger partial charge in [0.25, 0.3) is 0 Å². The average molecular weight is 282 g/mol. The van der Waals surface area contributed by atoms with Gasteiger partial charge in [0.2, 0.25) is 5.91 Å². The summed E-state index contributed by atoms with van der Waals surface area (Å²) < 4.78 is 0. The number of anilines is 1. The Hall–Kier alpha value is -2.70. The quantitative estimate of drug-likeness (QED) is 0.666. The van der Waals surface area contributed by atoms with E-state index in [2.05, 4.69) is 30.9 Å². The van der Waals surface area contributed by atoms with Gasteiger partial charge in [0.1, 0.15) is 11.0 Å². The number of nitrogens with zero attached hydrogens (tertiary/aromatic N) is 3. The molecule has 2 aromatic heterocycles. The van der Waals surface area contributed by atoms with Crippen molar-refractivity contribution in [2.45, 2.75) is 25.2 Å². The van der Waals surface area contributed by atoms with E-state index < -0.39 is 0 Å². The van der Waals surface area contributed by atoms with Crippen LogP contribution in [0.1, 0.15) is 30.0 Å². The number of rotatable bonds is 2. The van der Waals surface area contributed by atoms with Crippen LogP contribution in [0.5, 0.6) is 0 Å². The minimum Gasteiger partial charge on any atom is -0.325 e. The topological polar surface area (TPSA) is 99.4 Å². The van der Waals surface area contributed by atoms with E-state index in [1.54, 1.807) is 6.20 Å². The molecule has 0 spiro atoms. The minimum atomic E-state index is -0.138. The maximum Gasteiger partial charge on any atom is 0.232 e. The molecule has 7 heteroatoms. The van der Waals surface area contributed by atoms with Crippen LogP contribution in [-0.2, 0) is 11.2 Å². The molecule has 1 aliphatic rings. The van der Waals surface area contributed by atoms with Crippen molar-refractivity contribution in [3.63, 3.8) is 0 Å². The Balaban J connectivity index is 1.58. The molecule has 7 nitrogen and oxygen atoms in total. The zero-order valence-electron chi connectivity index (χ0n) is 11.3. The zero-order valence-corrected chi connectivity index (χ0v) is 11.3. The van der Waals surface area contributed by atoms with E-state index >= 15 is 0 Å². The van der Waals surface area contributed by atoms with Crippen LogP contribution in [0.3, 0.4) is 0 Å². The monoisotopic (exact) mass is 282 g/mol. The molecule has 0 aliphatic heterocycles. The van der Waals surface area contributed by atoms with Gasteiger partial charge in [-0.15, -0.1) is 0 Å². The maximum absolute atomic E-state index is 12.5. The molecule has 3 N–H and O–H groups in total. The predicted molar refractivity (Wildman–Crippen MR) is 76.8 cm³/mol. The van der Waals surface area contributed by atoms with Gasteiger partial charge in [0, 0.05) is 16.9 Å². The third-order valence-corrected chi connectivity index (χ3v) is 3.95. The molecule has 0 fully saturated rings. The number of hydrogen-bond acceptors (Lipinski definition) is 4. The Bertz CT molecular complexity index is 805. The van der Waals surface area contributed by atoms with Crippen LogP contribution < -0.4 is 5.32 Å². The Morgan fingerprint density at radius 2 is 2.19 bits per heavy atom. The summed E-state index contributed by atoms with van der Waals surface area (Å²) in [6.45, 7) is 0. The third kappa shape index (κ3) is 2.06. The highest BCUT2D eigenvalue weighted by Gasteiger charge is 2.27. The van der Waals surface area contributed by atoms with Crippen molar-refractivity contribution >= 4 is 22.6 Å². The smallest absolute Gasteiger partial charge is 0.232 e. The van der Waals surface area contributed by atoms with Crippen molar-refractivity contribution in [2.24, 2.45) is 0 Å². The number of amides is 1. The number of fused-ring (bicyclic) bond motifs is 2. The molecule has 3 aromatic rings. The number of aromatic amines is 2. The number of benzene rings is 1. The lowest BCUT2D eigenvalue weighted by Gasteiger charge is -2.21. The SMILES string of the molecule is O=C(Nc1ccc2n[nH]nc2c1)C1CCCc2[nH]ncc21. The molecule has 1 aromatic carbocycles. The predicted octanol–water partition coefficient (Wildman–Crippen LogP) is 1.74. The highest BCUT2D eigenvalue weighted by atomic mass is 16.1. The molecule has 0 radical (unpaired) electrons. The van der Waals surface area contributed by atoms with E-state index in [1.165, 1.54) is 0 Å². The van der Waals surface area contributed by atoms with Gasteiger partial charge in [0.15, 0.2) is 0 Å². The van der Waals surface area contributed by atoms with Crippen LogP contribution >= 0.6 is 0 Å². The van der Waals surface area contributed by atoms with Crippen LogP contribution in [0.25, 0.3) is 11.0 Å². The van der Waals surface area contributed by atoms with Gasteiger partial charge in [-0.3, -0.25) is 9.89 Å². The maximum atomic E-state index is 12.5. The lowest BCUT2D eigenvalue weighted by Crippen LogP contribution is -2.24. The first kappa shape index (κ1) is 12.1. The Morgan fingerprint density at radius 3 is 3.14 bits per heavy atom. The van der Waals surface area contributed by atoms with Gasteiger partial charge in [-0.05, 0) is 37.5 Å². The van der Waals surface area contributed by atoms with Crippen molar-refractivity contribution in [3.05, 3.63) is 35.7 Å². The number of nitrogens with one attached hydrogen (secondary N) is 3. The summed E-state index contributed by atoms with van der Waals surface area (Å²) in [5, 5.41) is 20.6. The molecule has 21 heavy (non-hydrogen) atoms. The number of aromatic nitrogens is 5. The van der Waals surface area contributed by atoms with Gasteiger partial charge >= 0.3 is 0 Å². The van der Waals surface area contributed by atoms with Crippen molar-refractivity contribution < 1.29 is 4.79 Å². The second-order valence-electron chi connectivity index (χ2n) is 5.27. The summed E-state index contributed by atoms with van der Waals surface area (Å²) in [7, 11) is 0. The Labute approximate surface area is 120 Å². The third-order valence-electron chi connectivity index (χ3n) is 3.95. The van der Waals surface area contributed by atoms with Crippen molar-refractivity contribution in [2.75, 3.05) is 5.32 Å². The molecular formula is C14H14N6O. The zero-order chi connectivity index (χ0) is 14.2. The largest absolute Gasteiger partial charge is 0.325 e. The van der Waals surface area contributed by atoms with Gasteiger partial charge in [-0.25, -0.2) is 0 Å². The lowest BCUT2D eigenvalue weighted by atomic mass is 9.86. The van der Waals surface area contributed by atoms with Crippen molar-refractivity contribution in [3.8, 4) is 0 Å². The van der Waals surface area contributed by atoms with E-state index in [0.717, 1.165) is 47.2 Å². The van der Waals surface area contributed by atoms with Crippen LogP contribution in [0.4, 0.5) is 5.69 Å². The molecule has 1 unspecified atom stereocenters. The normalized spacial score (nSPS) is 17.6. The highest BCUT2D eigenvalue weighted by Crippen LogP contribution is 2.31. The summed E-state index contributed by atoms with van der Waals surface area (Å²) in [4.78, 5) is 12.5. The number of aryl methyl sites for hydroxylation is 1. The van der Waals surface area contributed by atoms with E-state index in [-0.39, 0.29) is 11.8 Å². The first-order chi connectivity index (χ1) is 10.3. The van der Waals surface area contributed by atoms with Crippen LogP contribution in [0, 0.1) is 0 Å². The minimum absolute atomic E-state index is 0.000180. The molecule has 0 saturated carbocycles. The molecule has 1 aliphatic carbocycles. The fourth-order valence-corrected chi connectivity index (χ4v) is 2.88. The Morgan fingerprint density at radius 1 is 1.29 bits per heavy atom. The summed E-state index contributed by atoms with van der Waals surface area (Å²) in [5.74, 6) is -0.138. The average Bonchev–Trinajstić information content (AvgIpc) is 3.14. The molecule has 106 valence electrons. The highest BCUT2D eigenvalue weighted by molar-refractivity contribution is 5.97. The first-order valence-corrected chi connectivity index (χ1v) is 6.95. The number of H-pyrrole nitrogens is 2. The van der Waals surface area contributed by atoms with E-state index in [9.17, 15) is 4.79 Å². The van der Waals surface area contributed by atoms with E-state index in [4.69, 9.17) is 0 Å². The van der Waals surface area contributed by atoms with Gasteiger partial charge in [-0.2, -0.15) is 20.5 Å². The lowest BCUT2D eigenvalue weighted by molar-refractivity contribution is -0.117. The van der Waals surface area contributed by atoms with Crippen molar-refractivity contribution in [1.29, 1.82) is 0 Å². The molecule has 1 atom stereocenters. The Kier molecular flexibility index (Phi) is 2.70. The fourth-order valence-electron chi connectivity index (χ4n) is 2.88. The molecule has 4 rings (SSSR count). The van der Waals surface area contributed by atoms with Gasteiger partial charge in [-0.1, -0.05) is 0 Å². The number of hydrogen-bond donors (Lipinski definition) is 3. The van der Waals surface area contributed by atoms with Crippen LogP contribution in [0.15, 0.2) is 24.4 Å². The fraction of sp³-hybridized carbons (Fsp3) is 0.286. The van der Waals surface area contributed by atoms with Crippen LogP contribution in [0.2, 0.25) is 0 Å². The summed E-state index contributed by atoms with van der Waals surface area (Å²) in [6, 6.07) is 5.48. The summed E-state index contributed by atoms with van der Waals surface area (Å²) in [5.41, 5.74) is 4.34. The molecule has 0 saturated heterocycles. The number of carbonyl (C=O) groups excluding carboxylic acids is 1. The first-order valence-electron chi connectivity index (χ1n) is 6.95. The van der Waals surface area contributed by atoms with Crippen molar-refractivity contribution in [1.82, 2.24) is 25.6 Å². The molecule has 1 amide bonds. The standard InChI is InChI=1S/C14H14N6O/c21-14(9-2-1-3-11-10(9)7-15-17-11)16-8-4-5-12-13(6-8)19-20-18-12/h4-7,9H,1-3H2,(H,15,17)(H,16,21)(H,18,19,20). The number of carbonyl (C=O) groups is 1. The van der Waals surface area contributed by atoms with E-state index in [0.29, 0.717) is 0 Å². The summed E-state index contributed by atoms with van der Waals surface area (Å²) >= 11 is 0. The molecule has 0 bridgehead atoms. The summed E-state index contributed by atoms with van der Waals surface area (Å²) in [6.07, 6.45) is 4.57. The second kappa shape index (κ2) is 4.69. The van der Waals surface area contributed by atoms with E-state index in [1.807, 2.05) is 18.2 Å². The van der Waals surface area contributed by atoms with Gasteiger partial charge < -0.3 is 5.32 Å². The van der Waals surface area contributed by atoms with Gasteiger partial charge in [0.05, 0.1) is 12.1 Å². The van der Waals surface area contributed by atoms with Crippen LogP contribution in [-0.4, -0.2) is 31.5 Å². The second-order valence-corrected chi connectivity index (χ2v) is 5.27. The molecular weight excluding hydrogens is 268 g/mol. The molecule has 2 heterocycles.